The van der Waals surface area contributed by atoms with E-state index in [1.165, 1.54) is 18.2 Å². The zero-order chi connectivity index (χ0) is 16.3. The van der Waals surface area contributed by atoms with Gasteiger partial charge in [-0.05, 0) is 25.0 Å². The van der Waals surface area contributed by atoms with Crippen LogP contribution in [0, 0.1) is 0 Å². The summed E-state index contributed by atoms with van der Waals surface area (Å²) in [6.07, 6.45) is 1.11. The van der Waals surface area contributed by atoms with E-state index in [1.807, 2.05) is 13.8 Å². The van der Waals surface area contributed by atoms with E-state index in [1.54, 1.807) is 0 Å². The highest BCUT2D eigenvalue weighted by Crippen LogP contribution is 2.35. The van der Waals surface area contributed by atoms with E-state index in [4.69, 9.17) is 5.73 Å². The lowest BCUT2D eigenvalue weighted by atomic mass is 9.92. The van der Waals surface area contributed by atoms with E-state index in [-0.39, 0.29) is 12.2 Å². The molecular weight excluding hydrogens is 305 g/mol. The second-order valence-corrected chi connectivity index (χ2v) is 6.67. The highest BCUT2D eigenvalue weighted by atomic mass is 32.2. The minimum atomic E-state index is -5.41. The van der Waals surface area contributed by atoms with Gasteiger partial charge in [0, 0.05) is 12.1 Å². The Hall–Kier alpha value is -1.28. The molecule has 0 aliphatic heterocycles. The van der Waals surface area contributed by atoms with Gasteiger partial charge >= 0.3 is 5.51 Å². The zero-order valence-electron chi connectivity index (χ0n) is 11.9. The fraction of sp³-hybridized carbons (Fsp3) is 0.538. The fourth-order valence-corrected chi connectivity index (χ4v) is 2.90. The van der Waals surface area contributed by atoms with Gasteiger partial charge in [0.05, 0.1) is 10.6 Å². The molecule has 0 saturated heterocycles. The Labute approximate surface area is 122 Å². The Kier molecular flexibility index (Phi) is 5.27. The molecule has 0 unspecified atom stereocenters. The number of alkyl halides is 3. The number of sulfone groups is 1. The molecule has 0 amide bonds. The number of nitrogens with one attached hydrogen (secondary N) is 1. The maximum atomic E-state index is 12.7. The molecule has 0 aliphatic rings. The van der Waals surface area contributed by atoms with Crippen molar-refractivity contribution in [2.75, 3.05) is 11.9 Å². The molecule has 0 aromatic heterocycles. The lowest BCUT2D eigenvalue weighted by Crippen LogP contribution is -2.44. The van der Waals surface area contributed by atoms with Gasteiger partial charge in [0.1, 0.15) is 0 Å². The van der Waals surface area contributed by atoms with Crippen LogP contribution in [-0.2, 0) is 9.84 Å². The standard InChI is InChI=1S/C13H19F3N2O2S/c1-3-12(4-2,9-17)18-10-7-5-6-8-11(10)21(19,20)13(14,15)16/h5-8,18H,3-4,9,17H2,1-2H3. The average molecular weight is 324 g/mol. The predicted octanol–water partition coefficient (Wildman–Crippen LogP) is 2.91. The van der Waals surface area contributed by atoms with E-state index >= 15 is 0 Å². The molecule has 0 fully saturated rings. The third-order valence-corrected chi connectivity index (χ3v) is 5.17. The molecule has 1 rings (SSSR count). The Balaban J connectivity index is 3.36. The largest absolute Gasteiger partial charge is 0.501 e. The Morgan fingerprint density at radius 3 is 2.10 bits per heavy atom. The summed E-state index contributed by atoms with van der Waals surface area (Å²) < 4.78 is 61.5. The fourth-order valence-electron chi connectivity index (χ4n) is 1.98. The third-order valence-electron chi connectivity index (χ3n) is 3.63. The Morgan fingerprint density at radius 2 is 1.67 bits per heavy atom. The van der Waals surface area contributed by atoms with Crippen molar-refractivity contribution >= 4 is 15.5 Å². The van der Waals surface area contributed by atoms with E-state index in [9.17, 15) is 21.6 Å². The number of anilines is 1. The lowest BCUT2D eigenvalue weighted by molar-refractivity contribution is -0.0435. The van der Waals surface area contributed by atoms with Gasteiger partial charge < -0.3 is 11.1 Å². The summed E-state index contributed by atoms with van der Waals surface area (Å²) in [6.45, 7) is 3.86. The second-order valence-electron chi connectivity index (χ2n) is 4.76. The van der Waals surface area contributed by atoms with Crippen LogP contribution in [-0.4, -0.2) is 26.0 Å². The van der Waals surface area contributed by atoms with Crippen LogP contribution >= 0.6 is 0 Å². The molecule has 21 heavy (non-hydrogen) atoms. The van der Waals surface area contributed by atoms with Crippen molar-refractivity contribution in [1.29, 1.82) is 0 Å². The van der Waals surface area contributed by atoms with Gasteiger partial charge in [-0.3, -0.25) is 0 Å². The molecular formula is C13H19F3N2O2S. The van der Waals surface area contributed by atoms with Crippen LogP contribution in [0.3, 0.4) is 0 Å². The van der Waals surface area contributed by atoms with Crippen LogP contribution in [0.2, 0.25) is 0 Å². The van der Waals surface area contributed by atoms with Crippen molar-refractivity contribution in [3.63, 3.8) is 0 Å². The van der Waals surface area contributed by atoms with Crippen molar-refractivity contribution in [3.05, 3.63) is 24.3 Å². The maximum absolute atomic E-state index is 12.7. The van der Waals surface area contributed by atoms with Gasteiger partial charge in [0.15, 0.2) is 0 Å². The number of rotatable bonds is 6. The number of halogens is 3. The summed E-state index contributed by atoms with van der Waals surface area (Å²) in [4.78, 5) is -0.780. The van der Waals surface area contributed by atoms with Gasteiger partial charge in [0.25, 0.3) is 9.84 Å². The average Bonchev–Trinajstić information content (AvgIpc) is 2.44. The molecule has 0 radical (unpaired) electrons. The first-order valence-electron chi connectivity index (χ1n) is 6.52. The van der Waals surface area contributed by atoms with Crippen molar-refractivity contribution in [1.82, 2.24) is 0 Å². The van der Waals surface area contributed by atoms with Crippen molar-refractivity contribution in [3.8, 4) is 0 Å². The zero-order valence-corrected chi connectivity index (χ0v) is 12.7. The van der Waals surface area contributed by atoms with Gasteiger partial charge in [0.2, 0.25) is 0 Å². The molecule has 120 valence electrons. The first-order chi connectivity index (χ1) is 9.63. The van der Waals surface area contributed by atoms with E-state index < -0.39 is 25.8 Å². The smallest absolute Gasteiger partial charge is 0.377 e. The van der Waals surface area contributed by atoms with E-state index in [0.717, 1.165) is 6.07 Å². The lowest BCUT2D eigenvalue weighted by Gasteiger charge is -2.33. The molecule has 0 atom stereocenters. The summed E-state index contributed by atoms with van der Waals surface area (Å²) in [5.74, 6) is 0. The van der Waals surface area contributed by atoms with Gasteiger partial charge in [-0.2, -0.15) is 13.2 Å². The van der Waals surface area contributed by atoms with Crippen LogP contribution in [0.25, 0.3) is 0 Å². The SMILES string of the molecule is CCC(CC)(CN)Nc1ccccc1S(=O)(=O)C(F)(F)F. The van der Waals surface area contributed by atoms with Crippen LogP contribution in [0.15, 0.2) is 29.2 Å². The quantitative estimate of drug-likeness (QED) is 0.844. The number of para-hydroxylation sites is 1. The number of hydrogen-bond donors (Lipinski definition) is 2. The summed E-state index contributed by atoms with van der Waals surface area (Å²) in [5.41, 5.74) is -0.373. The van der Waals surface area contributed by atoms with Crippen LogP contribution in [0.5, 0.6) is 0 Å². The van der Waals surface area contributed by atoms with Crippen molar-refractivity contribution in [2.45, 2.75) is 42.6 Å². The molecule has 1 aromatic rings. The maximum Gasteiger partial charge on any atom is 0.501 e. The number of nitrogens with two attached hydrogens (primary N) is 1. The molecule has 4 nitrogen and oxygen atoms in total. The van der Waals surface area contributed by atoms with E-state index in [0.29, 0.717) is 12.8 Å². The van der Waals surface area contributed by atoms with Crippen molar-refractivity contribution < 1.29 is 21.6 Å². The first kappa shape index (κ1) is 17.8. The van der Waals surface area contributed by atoms with Crippen LogP contribution in [0.4, 0.5) is 18.9 Å². The first-order valence-corrected chi connectivity index (χ1v) is 8.00. The molecule has 0 bridgehead atoms. The highest BCUT2D eigenvalue weighted by molar-refractivity contribution is 7.92. The molecule has 0 saturated carbocycles. The topological polar surface area (TPSA) is 72.2 Å². The summed E-state index contributed by atoms with van der Waals surface area (Å²) in [7, 11) is -5.41. The Bertz CT molecular complexity index is 573. The molecule has 0 heterocycles. The molecule has 8 heteroatoms. The van der Waals surface area contributed by atoms with Crippen LogP contribution in [0.1, 0.15) is 26.7 Å². The molecule has 0 aliphatic carbocycles. The van der Waals surface area contributed by atoms with Gasteiger partial charge in [-0.1, -0.05) is 26.0 Å². The van der Waals surface area contributed by atoms with Gasteiger partial charge in [-0.25, -0.2) is 8.42 Å². The third kappa shape index (κ3) is 3.49. The summed E-state index contributed by atoms with van der Waals surface area (Å²) >= 11 is 0. The monoisotopic (exact) mass is 324 g/mol. The second kappa shape index (κ2) is 6.23. The number of hydrogen-bond acceptors (Lipinski definition) is 4. The number of benzene rings is 1. The van der Waals surface area contributed by atoms with Crippen LogP contribution < -0.4 is 11.1 Å². The molecule has 1 aromatic carbocycles. The highest BCUT2D eigenvalue weighted by Gasteiger charge is 2.48. The van der Waals surface area contributed by atoms with Gasteiger partial charge in [-0.15, -0.1) is 0 Å². The minimum absolute atomic E-state index is 0.0797. The molecule has 0 spiro atoms. The predicted molar refractivity (Wildman–Crippen MR) is 75.7 cm³/mol. The Morgan fingerprint density at radius 1 is 1.14 bits per heavy atom. The van der Waals surface area contributed by atoms with E-state index in [2.05, 4.69) is 5.32 Å². The summed E-state index contributed by atoms with van der Waals surface area (Å²) in [6, 6.07) is 4.99. The molecule has 3 N–H and O–H groups in total. The van der Waals surface area contributed by atoms with Crippen molar-refractivity contribution in [2.24, 2.45) is 5.73 Å². The minimum Gasteiger partial charge on any atom is -0.377 e. The summed E-state index contributed by atoms with van der Waals surface area (Å²) in [5, 5.41) is 2.88. The normalized spacial score (nSPS) is 13.2.